The van der Waals surface area contributed by atoms with Crippen LogP contribution in [0.1, 0.15) is 15.9 Å². The Morgan fingerprint density at radius 2 is 2.16 bits per heavy atom. The summed E-state index contributed by atoms with van der Waals surface area (Å²) in [6.07, 6.45) is 3.09. The number of aromatic nitrogens is 1. The highest BCUT2D eigenvalue weighted by Gasteiger charge is 2.11. The van der Waals surface area contributed by atoms with E-state index in [2.05, 4.69) is 26.2 Å². The molecule has 0 unspecified atom stereocenters. The third-order valence-corrected chi connectivity index (χ3v) is 3.42. The molecule has 19 heavy (non-hydrogen) atoms. The molecular formula is C14H13BrN2O2. The second kappa shape index (κ2) is 6.33. The Morgan fingerprint density at radius 3 is 2.89 bits per heavy atom. The van der Waals surface area contributed by atoms with Crippen LogP contribution in [0.5, 0.6) is 5.75 Å². The first kappa shape index (κ1) is 13.5. The maximum Gasteiger partial charge on any atom is 0.255 e. The fraction of sp³-hybridized carbons (Fsp3) is 0.143. The number of amides is 1. The van der Waals surface area contributed by atoms with Gasteiger partial charge in [0.25, 0.3) is 5.91 Å². The van der Waals surface area contributed by atoms with Gasteiger partial charge in [-0.2, -0.15) is 0 Å². The zero-order chi connectivity index (χ0) is 13.7. The molecular weight excluding hydrogens is 308 g/mol. The summed E-state index contributed by atoms with van der Waals surface area (Å²) >= 11 is 3.44. The van der Waals surface area contributed by atoms with Crippen LogP contribution in [-0.4, -0.2) is 18.0 Å². The van der Waals surface area contributed by atoms with Gasteiger partial charge in [-0.1, -0.05) is 34.1 Å². The highest BCUT2D eigenvalue weighted by atomic mass is 79.9. The lowest BCUT2D eigenvalue weighted by molar-refractivity contribution is 0.0947. The topological polar surface area (TPSA) is 51.2 Å². The van der Waals surface area contributed by atoms with E-state index in [0.29, 0.717) is 17.9 Å². The van der Waals surface area contributed by atoms with E-state index < -0.39 is 0 Å². The van der Waals surface area contributed by atoms with Crippen molar-refractivity contribution in [3.8, 4) is 5.75 Å². The largest absolute Gasteiger partial charge is 0.494 e. The maximum atomic E-state index is 12.1. The number of halogens is 1. The number of carbonyl (C=O) groups is 1. The van der Waals surface area contributed by atoms with Gasteiger partial charge in [-0.3, -0.25) is 9.78 Å². The number of ether oxygens (including phenoxy) is 1. The summed E-state index contributed by atoms with van der Waals surface area (Å²) in [5.41, 5.74) is 1.49. The Bertz CT molecular complexity index is 587. The zero-order valence-corrected chi connectivity index (χ0v) is 12.0. The zero-order valence-electron chi connectivity index (χ0n) is 10.4. The van der Waals surface area contributed by atoms with Crippen molar-refractivity contribution in [2.24, 2.45) is 0 Å². The van der Waals surface area contributed by atoms with E-state index in [1.165, 1.54) is 13.3 Å². The van der Waals surface area contributed by atoms with Gasteiger partial charge in [0.2, 0.25) is 0 Å². The van der Waals surface area contributed by atoms with E-state index in [-0.39, 0.29) is 5.91 Å². The Hall–Kier alpha value is -1.88. The summed E-state index contributed by atoms with van der Waals surface area (Å²) in [5.74, 6) is 0.280. The molecule has 0 saturated carbocycles. The average molecular weight is 321 g/mol. The molecule has 0 aliphatic heterocycles. The number of nitrogens with one attached hydrogen (secondary N) is 1. The summed E-state index contributed by atoms with van der Waals surface area (Å²) in [6.45, 7) is 0.450. The van der Waals surface area contributed by atoms with Crippen LogP contribution in [0.15, 0.2) is 47.2 Å². The van der Waals surface area contributed by atoms with Gasteiger partial charge in [0.05, 0.1) is 18.9 Å². The third kappa shape index (κ3) is 3.32. The predicted molar refractivity (Wildman–Crippen MR) is 76.1 cm³/mol. The molecule has 1 aromatic heterocycles. The van der Waals surface area contributed by atoms with Gasteiger partial charge < -0.3 is 10.1 Å². The van der Waals surface area contributed by atoms with Gasteiger partial charge in [-0.15, -0.1) is 0 Å². The first-order valence-corrected chi connectivity index (χ1v) is 6.51. The summed E-state index contributed by atoms with van der Waals surface area (Å²) < 4.78 is 6.08. The molecule has 0 fully saturated rings. The van der Waals surface area contributed by atoms with Gasteiger partial charge in [0.1, 0.15) is 5.75 Å². The molecule has 2 aromatic rings. The van der Waals surface area contributed by atoms with Gasteiger partial charge in [0, 0.05) is 17.2 Å². The third-order valence-electron chi connectivity index (χ3n) is 2.65. The minimum atomic E-state index is -0.185. The number of hydrogen-bond acceptors (Lipinski definition) is 3. The van der Waals surface area contributed by atoms with Crippen molar-refractivity contribution in [3.63, 3.8) is 0 Å². The summed E-state index contributed by atoms with van der Waals surface area (Å²) in [4.78, 5) is 16.0. The number of methoxy groups -OCH3 is 1. The standard InChI is InChI=1S/C14H13BrN2O2/c1-19-13-9-16-7-6-11(13)14(18)17-8-10-4-2-3-5-12(10)15/h2-7,9H,8H2,1H3,(H,17,18). The van der Waals surface area contributed by atoms with Gasteiger partial charge >= 0.3 is 0 Å². The molecule has 0 bridgehead atoms. The fourth-order valence-electron chi connectivity index (χ4n) is 1.64. The predicted octanol–water partition coefficient (Wildman–Crippen LogP) is 2.78. The molecule has 0 aliphatic carbocycles. The summed E-state index contributed by atoms with van der Waals surface area (Å²) in [5, 5.41) is 2.85. The number of pyridine rings is 1. The highest BCUT2D eigenvalue weighted by Crippen LogP contribution is 2.17. The number of rotatable bonds is 4. The van der Waals surface area contributed by atoms with Crippen LogP contribution in [0, 0.1) is 0 Å². The second-order valence-corrected chi connectivity index (χ2v) is 4.70. The Kier molecular flexibility index (Phi) is 4.52. The molecule has 1 heterocycles. The van der Waals surface area contributed by atoms with Crippen LogP contribution in [0.4, 0.5) is 0 Å². The van der Waals surface area contributed by atoms with Gasteiger partial charge in [-0.25, -0.2) is 0 Å². The molecule has 0 spiro atoms. The van der Waals surface area contributed by atoms with Crippen molar-refractivity contribution < 1.29 is 9.53 Å². The van der Waals surface area contributed by atoms with Crippen LogP contribution >= 0.6 is 15.9 Å². The van der Waals surface area contributed by atoms with Crippen LogP contribution in [-0.2, 0) is 6.54 Å². The Morgan fingerprint density at radius 1 is 1.37 bits per heavy atom. The molecule has 0 atom stereocenters. The van der Waals surface area contributed by atoms with Crippen LogP contribution in [0.2, 0.25) is 0 Å². The smallest absolute Gasteiger partial charge is 0.255 e. The Balaban J connectivity index is 2.08. The van der Waals surface area contributed by atoms with Crippen LogP contribution < -0.4 is 10.1 Å². The van der Waals surface area contributed by atoms with E-state index in [0.717, 1.165) is 10.0 Å². The molecule has 1 N–H and O–H groups in total. The van der Waals surface area contributed by atoms with Gasteiger partial charge in [-0.05, 0) is 17.7 Å². The molecule has 1 amide bonds. The maximum absolute atomic E-state index is 12.1. The van der Waals surface area contributed by atoms with E-state index in [4.69, 9.17) is 4.74 Å². The first-order chi connectivity index (χ1) is 9.22. The minimum Gasteiger partial charge on any atom is -0.494 e. The highest BCUT2D eigenvalue weighted by molar-refractivity contribution is 9.10. The van der Waals surface area contributed by atoms with Crippen molar-refractivity contribution in [2.45, 2.75) is 6.54 Å². The molecule has 0 aliphatic rings. The van der Waals surface area contributed by atoms with Crippen molar-refractivity contribution in [1.29, 1.82) is 0 Å². The average Bonchev–Trinajstić information content (AvgIpc) is 2.46. The summed E-state index contributed by atoms with van der Waals surface area (Å²) in [6, 6.07) is 9.39. The first-order valence-electron chi connectivity index (χ1n) is 5.72. The second-order valence-electron chi connectivity index (χ2n) is 3.85. The van der Waals surface area contributed by atoms with E-state index in [1.54, 1.807) is 12.3 Å². The van der Waals surface area contributed by atoms with E-state index in [1.807, 2.05) is 24.3 Å². The lowest BCUT2D eigenvalue weighted by Crippen LogP contribution is -2.23. The number of nitrogens with zero attached hydrogens (tertiary/aromatic N) is 1. The molecule has 0 saturated heterocycles. The SMILES string of the molecule is COc1cnccc1C(=O)NCc1ccccc1Br. The fourth-order valence-corrected chi connectivity index (χ4v) is 2.07. The van der Waals surface area contributed by atoms with E-state index >= 15 is 0 Å². The van der Waals surface area contributed by atoms with Crippen molar-refractivity contribution in [2.75, 3.05) is 7.11 Å². The minimum absolute atomic E-state index is 0.185. The van der Waals surface area contributed by atoms with Crippen LogP contribution in [0.25, 0.3) is 0 Å². The number of hydrogen-bond donors (Lipinski definition) is 1. The molecule has 98 valence electrons. The van der Waals surface area contributed by atoms with Crippen LogP contribution in [0.3, 0.4) is 0 Å². The van der Waals surface area contributed by atoms with Gasteiger partial charge in [0.15, 0.2) is 0 Å². The number of benzene rings is 1. The molecule has 4 nitrogen and oxygen atoms in total. The molecule has 1 aromatic carbocycles. The lowest BCUT2D eigenvalue weighted by atomic mass is 10.2. The van der Waals surface area contributed by atoms with Crippen molar-refractivity contribution in [1.82, 2.24) is 10.3 Å². The van der Waals surface area contributed by atoms with Crippen molar-refractivity contribution >= 4 is 21.8 Å². The van der Waals surface area contributed by atoms with E-state index in [9.17, 15) is 4.79 Å². The van der Waals surface area contributed by atoms with Crippen molar-refractivity contribution in [3.05, 3.63) is 58.3 Å². The molecule has 0 radical (unpaired) electrons. The quantitative estimate of drug-likeness (QED) is 0.942. The number of carbonyl (C=O) groups excluding carboxylic acids is 1. The molecule has 2 rings (SSSR count). The molecule has 5 heteroatoms. The monoisotopic (exact) mass is 320 g/mol. The summed E-state index contributed by atoms with van der Waals surface area (Å²) in [7, 11) is 1.52. The lowest BCUT2D eigenvalue weighted by Gasteiger charge is -2.09. The normalized spacial score (nSPS) is 10.0. The Labute approximate surface area is 119 Å².